The fourth-order valence-corrected chi connectivity index (χ4v) is 2.44. The van der Waals surface area contributed by atoms with Crippen LogP contribution in [0.1, 0.15) is 10.4 Å². The number of benzene rings is 3. The third kappa shape index (κ3) is 3.23. The molecule has 0 aliphatic carbocycles. The van der Waals surface area contributed by atoms with E-state index < -0.39 is 0 Å². The normalized spacial score (nSPS) is 11.4. The smallest absolute Gasteiger partial charge is 0.220 e. The minimum Gasteiger partial charge on any atom is -0.286 e. The van der Waals surface area contributed by atoms with Crippen molar-refractivity contribution in [1.82, 2.24) is 0 Å². The maximum atomic E-state index is 12.4. The van der Waals surface area contributed by atoms with Gasteiger partial charge in [-0.1, -0.05) is 54.6 Å². The molecule has 108 valence electrons. The van der Waals surface area contributed by atoms with Crippen LogP contribution in [0.5, 0.6) is 0 Å². The van der Waals surface area contributed by atoms with Crippen molar-refractivity contribution >= 4 is 42.8 Å². The third-order valence-corrected chi connectivity index (χ3v) is 3.79. The molecule has 0 spiro atoms. The van der Waals surface area contributed by atoms with E-state index in [1.54, 1.807) is 0 Å². The highest BCUT2D eigenvalue weighted by Gasteiger charge is 2.12. The Morgan fingerprint density at radius 3 is 2.32 bits per heavy atom. The lowest BCUT2D eigenvalue weighted by atomic mass is 10.1. The van der Waals surface area contributed by atoms with E-state index in [9.17, 15) is 4.79 Å². The number of Topliss-reactive ketones (excluding diaryl/α,β-unsaturated/α-hetero) is 1. The van der Waals surface area contributed by atoms with Gasteiger partial charge in [0.05, 0.1) is 5.69 Å². The van der Waals surface area contributed by atoms with Gasteiger partial charge in [0.25, 0.3) is 0 Å². The van der Waals surface area contributed by atoms with Crippen molar-refractivity contribution < 1.29 is 4.79 Å². The number of ketones is 1. The minimum absolute atomic E-state index is 0.158. The number of carbonyl (C=O) groups is 1. The first-order valence-electron chi connectivity index (χ1n) is 6.82. The van der Waals surface area contributed by atoms with Gasteiger partial charge >= 0.3 is 0 Å². The quantitative estimate of drug-likeness (QED) is 0.414. The lowest BCUT2D eigenvalue weighted by molar-refractivity contribution is 0.106. The summed E-state index contributed by atoms with van der Waals surface area (Å²) < 4.78 is 0.242. The maximum Gasteiger partial charge on any atom is 0.220 e. The first kappa shape index (κ1) is 14.5. The molecular formula is C18H13BrN2O. The SMILES string of the molecule is O=C(/C(Br)=N/Nc1ccccc1)c1ccc2ccccc2c1. The van der Waals surface area contributed by atoms with Gasteiger partial charge in [0.15, 0.2) is 4.62 Å². The number of hydrazone groups is 1. The van der Waals surface area contributed by atoms with E-state index in [0.29, 0.717) is 5.56 Å². The molecule has 0 bridgehead atoms. The second-order valence-electron chi connectivity index (χ2n) is 4.77. The predicted octanol–water partition coefficient (Wildman–Crippen LogP) is 4.84. The summed E-state index contributed by atoms with van der Waals surface area (Å²) in [5.74, 6) is -0.158. The zero-order valence-electron chi connectivity index (χ0n) is 11.7. The van der Waals surface area contributed by atoms with Gasteiger partial charge in [0, 0.05) is 5.56 Å². The van der Waals surface area contributed by atoms with E-state index in [1.165, 1.54) is 0 Å². The van der Waals surface area contributed by atoms with Crippen LogP contribution < -0.4 is 5.43 Å². The molecule has 0 unspecified atom stereocenters. The van der Waals surface area contributed by atoms with Crippen LogP contribution in [0, 0.1) is 0 Å². The number of para-hydroxylation sites is 1. The molecule has 0 fully saturated rings. The molecule has 0 heterocycles. The lowest BCUT2D eigenvalue weighted by Crippen LogP contribution is -2.09. The molecule has 3 aromatic rings. The number of hydrogen-bond acceptors (Lipinski definition) is 3. The summed E-state index contributed by atoms with van der Waals surface area (Å²) in [6.07, 6.45) is 0. The molecule has 1 N–H and O–H groups in total. The van der Waals surface area contributed by atoms with E-state index in [0.717, 1.165) is 16.5 Å². The molecule has 0 amide bonds. The molecule has 0 aromatic heterocycles. The Labute approximate surface area is 136 Å². The Morgan fingerprint density at radius 2 is 1.55 bits per heavy atom. The molecule has 22 heavy (non-hydrogen) atoms. The van der Waals surface area contributed by atoms with Crippen LogP contribution >= 0.6 is 15.9 Å². The minimum atomic E-state index is -0.158. The van der Waals surface area contributed by atoms with Gasteiger partial charge in [0.1, 0.15) is 0 Å². The molecule has 0 saturated carbocycles. The van der Waals surface area contributed by atoms with Gasteiger partial charge in [0.2, 0.25) is 5.78 Å². The highest BCUT2D eigenvalue weighted by molar-refractivity contribution is 9.19. The number of anilines is 1. The van der Waals surface area contributed by atoms with Crippen LogP contribution in [0.2, 0.25) is 0 Å². The van der Waals surface area contributed by atoms with Gasteiger partial charge in [-0.3, -0.25) is 10.2 Å². The van der Waals surface area contributed by atoms with Crippen molar-refractivity contribution in [3.8, 4) is 0 Å². The topological polar surface area (TPSA) is 41.5 Å². The van der Waals surface area contributed by atoms with Crippen molar-refractivity contribution in [1.29, 1.82) is 0 Å². The van der Waals surface area contributed by atoms with Crippen LogP contribution in [0.25, 0.3) is 10.8 Å². The number of nitrogens with one attached hydrogen (secondary N) is 1. The number of halogens is 1. The summed E-state index contributed by atoms with van der Waals surface area (Å²) in [5, 5.41) is 6.22. The molecular weight excluding hydrogens is 340 g/mol. The standard InChI is InChI=1S/C18H13BrN2O/c19-18(21-20-16-8-2-1-3-9-16)17(22)15-11-10-13-6-4-5-7-14(13)12-15/h1-12,20H/b21-18-. The maximum absolute atomic E-state index is 12.4. The largest absolute Gasteiger partial charge is 0.286 e. The number of nitrogens with zero attached hydrogens (tertiary/aromatic N) is 1. The average Bonchev–Trinajstić information content (AvgIpc) is 2.59. The van der Waals surface area contributed by atoms with Crippen molar-refractivity contribution in [2.45, 2.75) is 0 Å². The van der Waals surface area contributed by atoms with Crippen molar-refractivity contribution in [2.24, 2.45) is 5.10 Å². The van der Waals surface area contributed by atoms with Crippen LogP contribution in [0.15, 0.2) is 77.9 Å². The summed E-state index contributed by atoms with van der Waals surface area (Å²) in [4.78, 5) is 12.4. The van der Waals surface area contributed by atoms with Gasteiger partial charge in [-0.15, -0.1) is 0 Å². The second kappa shape index (κ2) is 6.54. The summed E-state index contributed by atoms with van der Waals surface area (Å²) in [6, 6.07) is 23.0. The van der Waals surface area contributed by atoms with E-state index in [4.69, 9.17) is 0 Å². The zero-order valence-corrected chi connectivity index (χ0v) is 13.2. The Morgan fingerprint density at radius 1 is 0.864 bits per heavy atom. The van der Waals surface area contributed by atoms with E-state index >= 15 is 0 Å². The summed E-state index contributed by atoms with van der Waals surface area (Å²) in [7, 11) is 0. The average molecular weight is 353 g/mol. The van der Waals surface area contributed by atoms with Gasteiger partial charge < -0.3 is 0 Å². The number of rotatable bonds is 4. The highest BCUT2D eigenvalue weighted by atomic mass is 79.9. The molecule has 0 atom stereocenters. The van der Waals surface area contributed by atoms with Crippen molar-refractivity contribution in [3.05, 3.63) is 78.4 Å². The molecule has 0 saturated heterocycles. The first-order valence-corrected chi connectivity index (χ1v) is 7.61. The molecule has 3 nitrogen and oxygen atoms in total. The Bertz CT molecular complexity index is 844. The van der Waals surface area contributed by atoms with Crippen molar-refractivity contribution in [2.75, 3.05) is 5.43 Å². The molecule has 0 radical (unpaired) electrons. The van der Waals surface area contributed by atoms with Gasteiger partial charge in [-0.25, -0.2) is 0 Å². The monoisotopic (exact) mass is 352 g/mol. The summed E-state index contributed by atoms with van der Waals surface area (Å²) in [5.41, 5.74) is 4.28. The fraction of sp³-hybridized carbons (Fsp3) is 0. The first-order chi connectivity index (χ1) is 10.7. The van der Waals surface area contributed by atoms with Gasteiger partial charge in [-0.05, 0) is 44.9 Å². The third-order valence-electron chi connectivity index (χ3n) is 3.26. The van der Waals surface area contributed by atoms with E-state index in [-0.39, 0.29) is 10.4 Å². The molecule has 4 heteroatoms. The van der Waals surface area contributed by atoms with E-state index in [1.807, 2.05) is 72.8 Å². The number of carbonyl (C=O) groups excluding carboxylic acids is 1. The fourth-order valence-electron chi connectivity index (χ4n) is 2.13. The molecule has 0 aliphatic heterocycles. The number of fused-ring (bicyclic) bond motifs is 1. The van der Waals surface area contributed by atoms with E-state index in [2.05, 4.69) is 26.5 Å². The molecule has 3 aromatic carbocycles. The second-order valence-corrected chi connectivity index (χ2v) is 5.52. The number of hydrogen-bond donors (Lipinski definition) is 1. The van der Waals surface area contributed by atoms with Gasteiger partial charge in [-0.2, -0.15) is 5.10 Å². The zero-order chi connectivity index (χ0) is 15.4. The Balaban J connectivity index is 1.82. The lowest BCUT2D eigenvalue weighted by Gasteiger charge is -2.03. The van der Waals surface area contributed by atoms with Crippen LogP contribution in [0.3, 0.4) is 0 Å². The van der Waals surface area contributed by atoms with Crippen molar-refractivity contribution in [3.63, 3.8) is 0 Å². The summed E-state index contributed by atoms with van der Waals surface area (Å²) in [6.45, 7) is 0. The van der Waals surface area contributed by atoms with Crippen LogP contribution in [-0.2, 0) is 0 Å². The summed E-state index contributed by atoms with van der Waals surface area (Å²) >= 11 is 3.24. The highest BCUT2D eigenvalue weighted by Crippen LogP contribution is 2.17. The van der Waals surface area contributed by atoms with Crippen LogP contribution in [0.4, 0.5) is 5.69 Å². The Hall–Kier alpha value is -2.46. The van der Waals surface area contributed by atoms with Crippen LogP contribution in [-0.4, -0.2) is 10.4 Å². The predicted molar refractivity (Wildman–Crippen MR) is 94.7 cm³/mol. The molecule has 3 rings (SSSR count). The molecule has 0 aliphatic rings. The Kier molecular flexibility index (Phi) is 4.30.